The van der Waals surface area contributed by atoms with Crippen LogP contribution in [-0.4, -0.2) is 37.3 Å². The Kier molecular flexibility index (Phi) is 4.26. The number of nitrogens with zero attached hydrogens (tertiary/aromatic N) is 1. The first-order valence-corrected chi connectivity index (χ1v) is 7.90. The Labute approximate surface area is 127 Å². The highest BCUT2D eigenvalue weighted by molar-refractivity contribution is 5.88. The number of benzene rings is 2. The molecule has 1 heterocycles. The number of hydrogen-bond acceptors (Lipinski definition) is 1. The van der Waals surface area contributed by atoms with E-state index in [-0.39, 0.29) is 0 Å². The van der Waals surface area contributed by atoms with Gasteiger partial charge in [-0.2, -0.15) is 0 Å². The molecule has 0 atom stereocenters. The Morgan fingerprint density at radius 1 is 1.05 bits per heavy atom. The third-order valence-corrected chi connectivity index (χ3v) is 4.60. The Balaban J connectivity index is 1.68. The van der Waals surface area contributed by atoms with Crippen molar-refractivity contribution < 1.29 is 9.22 Å². The summed E-state index contributed by atoms with van der Waals surface area (Å²) < 4.78 is 7.25. The van der Waals surface area contributed by atoms with Crippen molar-refractivity contribution in [2.24, 2.45) is 0 Å². The number of hydrogen-bond donors (Lipinski definition) is 0. The number of quaternary nitrogens is 1. The molecule has 1 saturated heterocycles. The Bertz CT molecular complexity index is 608. The fourth-order valence-corrected chi connectivity index (χ4v) is 3.45. The van der Waals surface area contributed by atoms with E-state index in [0.29, 0.717) is 0 Å². The highest BCUT2D eigenvalue weighted by Crippen LogP contribution is 2.26. The first-order valence-electron chi connectivity index (χ1n) is 7.90. The van der Waals surface area contributed by atoms with Crippen molar-refractivity contribution in [2.45, 2.75) is 12.8 Å². The van der Waals surface area contributed by atoms with Crippen LogP contribution in [0.1, 0.15) is 12.8 Å². The molecule has 0 aliphatic carbocycles. The third kappa shape index (κ3) is 3.11. The van der Waals surface area contributed by atoms with Crippen molar-refractivity contribution in [3.8, 4) is 5.75 Å². The largest absolute Gasteiger partial charge is 0.487 e. The summed E-state index contributed by atoms with van der Waals surface area (Å²) in [5.41, 5.74) is 0. The summed E-state index contributed by atoms with van der Waals surface area (Å²) in [6.45, 7) is 9.38. The molecule has 1 aliphatic heterocycles. The van der Waals surface area contributed by atoms with Crippen LogP contribution in [0.25, 0.3) is 10.8 Å². The molecule has 110 valence electrons. The zero-order chi connectivity index (χ0) is 14.5. The standard InChI is InChI=1S/C19H24NO/c1-2-12-20(13-5-6-14-20)15-16-21-19-11-7-9-17-8-3-4-10-18(17)19/h2-4,7-11H,1,5-6,12-16H2/q+1. The van der Waals surface area contributed by atoms with Gasteiger partial charge in [-0.25, -0.2) is 0 Å². The molecular weight excluding hydrogens is 258 g/mol. The number of fused-ring (bicyclic) bond motifs is 1. The summed E-state index contributed by atoms with van der Waals surface area (Å²) in [5, 5.41) is 2.45. The molecule has 3 rings (SSSR count). The zero-order valence-corrected chi connectivity index (χ0v) is 12.6. The van der Waals surface area contributed by atoms with Crippen LogP contribution in [0.5, 0.6) is 5.75 Å². The molecule has 0 spiro atoms. The normalized spacial score (nSPS) is 17.0. The van der Waals surface area contributed by atoms with Crippen LogP contribution >= 0.6 is 0 Å². The lowest BCUT2D eigenvalue weighted by molar-refractivity contribution is -0.911. The van der Waals surface area contributed by atoms with Crippen LogP contribution < -0.4 is 4.74 Å². The molecule has 0 saturated carbocycles. The average Bonchev–Trinajstić information content (AvgIpc) is 2.97. The van der Waals surface area contributed by atoms with Gasteiger partial charge < -0.3 is 9.22 Å². The molecule has 2 heteroatoms. The molecule has 0 amide bonds. The van der Waals surface area contributed by atoms with Gasteiger partial charge in [0.05, 0.1) is 19.6 Å². The van der Waals surface area contributed by atoms with E-state index in [1.54, 1.807) is 0 Å². The van der Waals surface area contributed by atoms with E-state index >= 15 is 0 Å². The number of rotatable bonds is 6. The molecule has 2 aromatic rings. The SMILES string of the molecule is C=CC[N+]1(CCOc2cccc3ccccc23)CCCC1. The van der Waals surface area contributed by atoms with Gasteiger partial charge in [-0.3, -0.25) is 0 Å². The lowest BCUT2D eigenvalue weighted by atomic mass is 10.1. The molecule has 1 aliphatic rings. The molecular formula is C19H24NO+. The van der Waals surface area contributed by atoms with Gasteiger partial charge in [0, 0.05) is 18.2 Å². The van der Waals surface area contributed by atoms with Crippen LogP contribution in [0.2, 0.25) is 0 Å². The van der Waals surface area contributed by atoms with E-state index in [1.165, 1.54) is 36.7 Å². The van der Waals surface area contributed by atoms with Crippen molar-refractivity contribution >= 4 is 10.8 Å². The summed E-state index contributed by atoms with van der Waals surface area (Å²) >= 11 is 0. The van der Waals surface area contributed by atoms with E-state index < -0.39 is 0 Å². The fourth-order valence-electron chi connectivity index (χ4n) is 3.45. The summed E-state index contributed by atoms with van der Waals surface area (Å²) in [5.74, 6) is 1.00. The predicted octanol–water partition coefficient (Wildman–Crippen LogP) is 4.02. The molecule has 0 radical (unpaired) electrons. The second-order valence-electron chi connectivity index (χ2n) is 6.02. The molecule has 0 aromatic heterocycles. The van der Waals surface area contributed by atoms with E-state index in [4.69, 9.17) is 4.74 Å². The molecule has 0 bridgehead atoms. The zero-order valence-electron chi connectivity index (χ0n) is 12.6. The average molecular weight is 282 g/mol. The minimum Gasteiger partial charge on any atom is -0.487 e. The van der Waals surface area contributed by atoms with Crippen molar-refractivity contribution in [3.63, 3.8) is 0 Å². The van der Waals surface area contributed by atoms with Crippen molar-refractivity contribution in [2.75, 3.05) is 32.8 Å². The fraction of sp³-hybridized carbons (Fsp3) is 0.368. The van der Waals surface area contributed by atoms with Crippen LogP contribution in [-0.2, 0) is 0 Å². The summed E-state index contributed by atoms with van der Waals surface area (Å²) in [7, 11) is 0. The first-order chi connectivity index (χ1) is 10.3. The van der Waals surface area contributed by atoms with Crippen molar-refractivity contribution in [1.29, 1.82) is 0 Å². The highest BCUT2D eigenvalue weighted by atomic mass is 16.5. The topological polar surface area (TPSA) is 9.23 Å². The quantitative estimate of drug-likeness (QED) is 0.574. The molecule has 21 heavy (non-hydrogen) atoms. The molecule has 1 fully saturated rings. The molecule has 0 unspecified atom stereocenters. The van der Waals surface area contributed by atoms with E-state index in [1.807, 2.05) is 0 Å². The second kappa shape index (κ2) is 6.31. The third-order valence-electron chi connectivity index (χ3n) is 4.60. The van der Waals surface area contributed by atoms with Crippen LogP contribution in [0, 0.1) is 0 Å². The van der Waals surface area contributed by atoms with Crippen LogP contribution in [0.4, 0.5) is 0 Å². The maximum absolute atomic E-state index is 6.10. The molecule has 0 N–H and O–H groups in total. The maximum atomic E-state index is 6.10. The van der Waals surface area contributed by atoms with Gasteiger partial charge in [-0.1, -0.05) is 43.0 Å². The minimum atomic E-state index is 0.780. The maximum Gasteiger partial charge on any atom is 0.137 e. The van der Waals surface area contributed by atoms with Gasteiger partial charge >= 0.3 is 0 Å². The van der Waals surface area contributed by atoms with E-state index in [0.717, 1.165) is 29.9 Å². The lowest BCUT2D eigenvalue weighted by Gasteiger charge is -2.33. The molecule has 2 nitrogen and oxygen atoms in total. The van der Waals surface area contributed by atoms with Gasteiger partial charge in [-0.15, -0.1) is 0 Å². The predicted molar refractivity (Wildman–Crippen MR) is 88.6 cm³/mol. The number of likely N-dealkylation sites (tertiary alicyclic amines) is 1. The highest BCUT2D eigenvalue weighted by Gasteiger charge is 2.30. The summed E-state index contributed by atoms with van der Waals surface area (Å²) in [6.07, 6.45) is 4.73. The van der Waals surface area contributed by atoms with Gasteiger partial charge in [-0.05, 0) is 17.5 Å². The smallest absolute Gasteiger partial charge is 0.137 e. The van der Waals surface area contributed by atoms with Crippen LogP contribution in [0.15, 0.2) is 55.1 Å². The summed E-state index contributed by atoms with van der Waals surface area (Å²) in [6, 6.07) is 14.7. The monoisotopic (exact) mass is 282 g/mol. The van der Waals surface area contributed by atoms with E-state index in [9.17, 15) is 0 Å². The lowest BCUT2D eigenvalue weighted by Crippen LogP contribution is -2.47. The Hall–Kier alpha value is -1.80. The Morgan fingerprint density at radius 2 is 1.81 bits per heavy atom. The number of ether oxygens (including phenoxy) is 1. The van der Waals surface area contributed by atoms with E-state index in [2.05, 4.69) is 55.1 Å². The summed E-state index contributed by atoms with van der Waals surface area (Å²) in [4.78, 5) is 0. The van der Waals surface area contributed by atoms with Crippen molar-refractivity contribution in [1.82, 2.24) is 0 Å². The van der Waals surface area contributed by atoms with Gasteiger partial charge in [0.2, 0.25) is 0 Å². The van der Waals surface area contributed by atoms with Gasteiger partial charge in [0.1, 0.15) is 18.9 Å². The second-order valence-corrected chi connectivity index (χ2v) is 6.02. The first kappa shape index (κ1) is 14.2. The molecule has 2 aromatic carbocycles. The van der Waals surface area contributed by atoms with Crippen LogP contribution in [0.3, 0.4) is 0 Å². The van der Waals surface area contributed by atoms with Gasteiger partial charge in [0.15, 0.2) is 0 Å². The van der Waals surface area contributed by atoms with Crippen molar-refractivity contribution in [3.05, 3.63) is 55.1 Å². The Morgan fingerprint density at radius 3 is 2.62 bits per heavy atom. The minimum absolute atomic E-state index is 0.780. The van der Waals surface area contributed by atoms with Gasteiger partial charge in [0.25, 0.3) is 0 Å².